The van der Waals surface area contributed by atoms with Gasteiger partial charge in [-0.3, -0.25) is 0 Å². The first-order valence-electron chi connectivity index (χ1n) is 10.9. The molecule has 0 amide bonds. The van der Waals surface area contributed by atoms with Gasteiger partial charge in [0.05, 0.1) is 12.2 Å². The zero-order valence-corrected chi connectivity index (χ0v) is 19.4. The predicted molar refractivity (Wildman–Crippen MR) is 114 cm³/mol. The van der Waals surface area contributed by atoms with E-state index in [9.17, 15) is 0 Å². The third kappa shape index (κ3) is 17.1. The highest BCUT2D eigenvalue weighted by Gasteiger charge is 2.22. The van der Waals surface area contributed by atoms with Gasteiger partial charge in [0.2, 0.25) is 0 Å². The minimum atomic E-state index is 0.401. The van der Waals surface area contributed by atoms with E-state index >= 15 is 0 Å². The summed E-state index contributed by atoms with van der Waals surface area (Å²) in [6.45, 7) is 23.4. The fourth-order valence-electron chi connectivity index (χ4n) is 3.06. The van der Waals surface area contributed by atoms with Gasteiger partial charge in [0.25, 0.3) is 0 Å². The number of rotatable bonds is 12. The van der Waals surface area contributed by atoms with Crippen molar-refractivity contribution in [2.75, 3.05) is 0 Å². The van der Waals surface area contributed by atoms with Gasteiger partial charge in [0.15, 0.2) is 0 Å². The standard InChI is InChI=1S/C24H50O/c1-19(2)11-13-21(15-17-23(5,6)7)25-22(14-12-20(3)4)16-18-24(8,9)10/h19-22H,11-18H2,1-10H3. The Morgan fingerprint density at radius 2 is 0.840 bits per heavy atom. The molecule has 0 fully saturated rings. The second kappa shape index (κ2) is 11.6. The van der Waals surface area contributed by atoms with Gasteiger partial charge >= 0.3 is 0 Å². The van der Waals surface area contributed by atoms with E-state index < -0.39 is 0 Å². The molecule has 152 valence electrons. The summed E-state index contributed by atoms with van der Waals surface area (Å²) in [7, 11) is 0. The minimum absolute atomic E-state index is 0.401. The van der Waals surface area contributed by atoms with Crippen LogP contribution in [-0.4, -0.2) is 12.2 Å². The summed E-state index contributed by atoms with van der Waals surface area (Å²) in [6, 6.07) is 0. The highest BCUT2D eigenvalue weighted by Crippen LogP contribution is 2.29. The summed E-state index contributed by atoms with van der Waals surface area (Å²) in [5.41, 5.74) is 0.802. The Bertz CT molecular complexity index is 284. The topological polar surface area (TPSA) is 9.23 Å². The van der Waals surface area contributed by atoms with Crippen molar-refractivity contribution >= 4 is 0 Å². The second-order valence-electron chi connectivity index (χ2n) is 11.5. The Balaban J connectivity index is 4.79. The zero-order chi connectivity index (χ0) is 19.7. The molecular weight excluding hydrogens is 304 g/mol. The van der Waals surface area contributed by atoms with Crippen molar-refractivity contribution < 1.29 is 4.74 Å². The van der Waals surface area contributed by atoms with Crippen molar-refractivity contribution in [3.05, 3.63) is 0 Å². The van der Waals surface area contributed by atoms with Gasteiger partial charge in [-0.15, -0.1) is 0 Å². The van der Waals surface area contributed by atoms with Gasteiger partial charge in [-0.2, -0.15) is 0 Å². The molecule has 0 bridgehead atoms. The summed E-state index contributed by atoms with van der Waals surface area (Å²) in [5, 5.41) is 0. The van der Waals surface area contributed by atoms with E-state index in [1.54, 1.807) is 0 Å². The lowest BCUT2D eigenvalue weighted by atomic mass is 9.87. The van der Waals surface area contributed by atoms with Crippen LogP contribution in [0.3, 0.4) is 0 Å². The summed E-state index contributed by atoms with van der Waals surface area (Å²) in [4.78, 5) is 0. The highest BCUT2D eigenvalue weighted by atomic mass is 16.5. The quantitative estimate of drug-likeness (QED) is 0.342. The monoisotopic (exact) mass is 354 g/mol. The van der Waals surface area contributed by atoms with E-state index in [4.69, 9.17) is 4.74 Å². The molecule has 0 aromatic heterocycles. The fourth-order valence-corrected chi connectivity index (χ4v) is 3.06. The van der Waals surface area contributed by atoms with Gasteiger partial charge in [-0.1, -0.05) is 69.2 Å². The van der Waals surface area contributed by atoms with Crippen molar-refractivity contribution in [1.82, 2.24) is 0 Å². The van der Waals surface area contributed by atoms with E-state index in [2.05, 4.69) is 69.2 Å². The second-order valence-corrected chi connectivity index (χ2v) is 11.5. The predicted octanol–water partition coefficient (Wildman–Crippen LogP) is 8.27. The summed E-state index contributed by atoms with van der Waals surface area (Å²) >= 11 is 0. The minimum Gasteiger partial charge on any atom is -0.375 e. The molecule has 0 aliphatic heterocycles. The maximum atomic E-state index is 6.74. The molecule has 0 N–H and O–H groups in total. The van der Waals surface area contributed by atoms with Gasteiger partial charge < -0.3 is 4.74 Å². The molecule has 0 aliphatic carbocycles. The number of hydrogen-bond acceptors (Lipinski definition) is 1. The van der Waals surface area contributed by atoms with E-state index in [-0.39, 0.29) is 0 Å². The molecule has 0 radical (unpaired) electrons. The molecule has 1 nitrogen and oxygen atoms in total. The van der Waals surface area contributed by atoms with Crippen molar-refractivity contribution in [3.8, 4) is 0 Å². The Morgan fingerprint density at radius 3 is 1.08 bits per heavy atom. The Kier molecular flexibility index (Phi) is 11.6. The molecule has 0 aromatic carbocycles. The SMILES string of the molecule is CC(C)CCC(CCC(C)(C)C)OC(CCC(C)C)CCC(C)(C)C. The van der Waals surface area contributed by atoms with Gasteiger partial charge in [0.1, 0.15) is 0 Å². The molecule has 0 spiro atoms. The zero-order valence-electron chi connectivity index (χ0n) is 19.4. The van der Waals surface area contributed by atoms with E-state index in [0.29, 0.717) is 23.0 Å². The molecule has 25 heavy (non-hydrogen) atoms. The molecule has 2 atom stereocenters. The van der Waals surface area contributed by atoms with E-state index in [1.807, 2.05) is 0 Å². The Morgan fingerprint density at radius 1 is 0.520 bits per heavy atom. The molecule has 0 aliphatic rings. The van der Waals surface area contributed by atoms with Crippen LogP contribution in [0, 0.1) is 22.7 Å². The Labute approximate surface area is 160 Å². The molecule has 0 saturated heterocycles. The molecule has 0 heterocycles. The third-order valence-electron chi connectivity index (χ3n) is 4.95. The first-order chi connectivity index (χ1) is 11.3. The van der Waals surface area contributed by atoms with Crippen LogP contribution in [0.15, 0.2) is 0 Å². The molecule has 2 unspecified atom stereocenters. The largest absolute Gasteiger partial charge is 0.375 e. The smallest absolute Gasteiger partial charge is 0.0579 e. The van der Waals surface area contributed by atoms with E-state index in [0.717, 1.165) is 11.8 Å². The van der Waals surface area contributed by atoms with Gasteiger partial charge in [-0.05, 0) is 74.0 Å². The highest BCUT2D eigenvalue weighted by molar-refractivity contribution is 4.72. The lowest BCUT2D eigenvalue weighted by Gasteiger charge is -2.30. The van der Waals surface area contributed by atoms with Crippen LogP contribution in [-0.2, 0) is 4.74 Å². The molecule has 0 saturated carbocycles. The summed E-state index contributed by atoms with van der Waals surface area (Å²) in [6.07, 6.45) is 10.8. The van der Waals surface area contributed by atoms with Crippen LogP contribution in [0.25, 0.3) is 0 Å². The van der Waals surface area contributed by atoms with Gasteiger partial charge in [0, 0.05) is 0 Å². The lowest BCUT2D eigenvalue weighted by molar-refractivity contribution is -0.0405. The average molecular weight is 355 g/mol. The maximum Gasteiger partial charge on any atom is 0.0579 e. The normalized spacial score (nSPS) is 15.8. The average Bonchev–Trinajstić information content (AvgIpc) is 2.41. The van der Waals surface area contributed by atoms with Crippen molar-refractivity contribution in [2.24, 2.45) is 22.7 Å². The van der Waals surface area contributed by atoms with Crippen LogP contribution in [0.1, 0.15) is 121 Å². The summed E-state index contributed by atoms with van der Waals surface area (Å²) in [5.74, 6) is 1.54. The van der Waals surface area contributed by atoms with Crippen LogP contribution < -0.4 is 0 Å². The van der Waals surface area contributed by atoms with Gasteiger partial charge in [-0.25, -0.2) is 0 Å². The van der Waals surface area contributed by atoms with Crippen LogP contribution in [0.4, 0.5) is 0 Å². The maximum absolute atomic E-state index is 6.74. The van der Waals surface area contributed by atoms with Crippen molar-refractivity contribution in [1.29, 1.82) is 0 Å². The molecule has 1 heteroatoms. The number of hydrogen-bond donors (Lipinski definition) is 0. The summed E-state index contributed by atoms with van der Waals surface area (Å²) < 4.78 is 6.74. The van der Waals surface area contributed by atoms with E-state index in [1.165, 1.54) is 51.4 Å². The third-order valence-corrected chi connectivity index (χ3v) is 4.95. The number of ether oxygens (including phenoxy) is 1. The van der Waals surface area contributed by atoms with Crippen LogP contribution in [0.2, 0.25) is 0 Å². The lowest BCUT2D eigenvalue weighted by Crippen LogP contribution is -2.26. The first-order valence-corrected chi connectivity index (χ1v) is 10.9. The van der Waals surface area contributed by atoms with Crippen LogP contribution in [0.5, 0.6) is 0 Å². The molecule has 0 rings (SSSR count). The first kappa shape index (κ1) is 25.0. The fraction of sp³-hybridized carbons (Fsp3) is 1.00. The van der Waals surface area contributed by atoms with Crippen molar-refractivity contribution in [3.63, 3.8) is 0 Å². The molecule has 0 aromatic rings. The Hall–Kier alpha value is -0.0400. The molecular formula is C24H50O. The van der Waals surface area contributed by atoms with Crippen LogP contribution >= 0.6 is 0 Å². The van der Waals surface area contributed by atoms with Crippen molar-refractivity contribution in [2.45, 2.75) is 133 Å².